The Morgan fingerprint density at radius 2 is 1.53 bits per heavy atom. The molecular formula is C18H27N. The molecule has 1 N–H and O–H groups in total. The highest BCUT2D eigenvalue weighted by Crippen LogP contribution is 2.30. The summed E-state index contributed by atoms with van der Waals surface area (Å²) in [5.41, 5.74) is 3.13. The van der Waals surface area contributed by atoms with Crippen molar-refractivity contribution in [2.75, 3.05) is 6.54 Å². The molecule has 2 aliphatic rings. The molecule has 2 aliphatic carbocycles. The fourth-order valence-corrected chi connectivity index (χ4v) is 3.88. The molecule has 0 bridgehead atoms. The molecule has 0 heterocycles. The van der Waals surface area contributed by atoms with Crippen molar-refractivity contribution in [3.63, 3.8) is 0 Å². The van der Waals surface area contributed by atoms with E-state index in [-0.39, 0.29) is 0 Å². The first kappa shape index (κ1) is 13.2. The van der Waals surface area contributed by atoms with E-state index in [0.29, 0.717) is 6.04 Å². The molecule has 1 nitrogen and oxygen atoms in total. The summed E-state index contributed by atoms with van der Waals surface area (Å²) in [5.74, 6) is 1.96. The predicted octanol–water partition coefficient (Wildman–Crippen LogP) is 3.96. The van der Waals surface area contributed by atoms with Crippen LogP contribution in [0.15, 0.2) is 24.3 Å². The van der Waals surface area contributed by atoms with Gasteiger partial charge in [-0.3, -0.25) is 0 Å². The van der Waals surface area contributed by atoms with Gasteiger partial charge in [0.2, 0.25) is 0 Å². The van der Waals surface area contributed by atoms with E-state index >= 15 is 0 Å². The van der Waals surface area contributed by atoms with Gasteiger partial charge < -0.3 is 5.32 Å². The van der Waals surface area contributed by atoms with Gasteiger partial charge in [0.15, 0.2) is 0 Å². The van der Waals surface area contributed by atoms with E-state index in [0.717, 1.165) is 11.8 Å². The molecule has 104 valence electrons. The normalized spacial score (nSPS) is 27.4. The van der Waals surface area contributed by atoms with Crippen LogP contribution in [0.25, 0.3) is 0 Å². The lowest BCUT2D eigenvalue weighted by Gasteiger charge is -2.28. The van der Waals surface area contributed by atoms with Crippen molar-refractivity contribution in [3.05, 3.63) is 35.4 Å². The lowest BCUT2D eigenvalue weighted by Crippen LogP contribution is -2.35. The third-order valence-corrected chi connectivity index (χ3v) is 5.29. The predicted molar refractivity (Wildman–Crippen MR) is 81.4 cm³/mol. The van der Waals surface area contributed by atoms with Crippen molar-refractivity contribution in [2.45, 2.75) is 57.9 Å². The van der Waals surface area contributed by atoms with E-state index in [4.69, 9.17) is 0 Å². The van der Waals surface area contributed by atoms with E-state index in [1.807, 2.05) is 0 Å². The van der Waals surface area contributed by atoms with Crippen LogP contribution in [-0.4, -0.2) is 12.6 Å². The molecule has 0 atom stereocenters. The van der Waals surface area contributed by atoms with Crippen molar-refractivity contribution in [1.82, 2.24) is 5.32 Å². The van der Waals surface area contributed by atoms with Crippen molar-refractivity contribution >= 4 is 0 Å². The molecule has 0 amide bonds. The van der Waals surface area contributed by atoms with Crippen molar-refractivity contribution < 1.29 is 0 Å². The van der Waals surface area contributed by atoms with Crippen LogP contribution in [-0.2, 0) is 12.8 Å². The molecule has 0 saturated heterocycles. The molecule has 0 spiro atoms. The summed E-state index contributed by atoms with van der Waals surface area (Å²) in [5, 5.41) is 3.83. The van der Waals surface area contributed by atoms with Crippen molar-refractivity contribution in [3.8, 4) is 0 Å². The van der Waals surface area contributed by atoms with E-state index in [9.17, 15) is 0 Å². The fraction of sp³-hybridized carbons (Fsp3) is 0.667. The van der Waals surface area contributed by atoms with Gasteiger partial charge in [0.05, 0.1) is 0 Å². The topological polar surface area (TPSA) is 12.0 Å². The maximum Gasteiger partial charge on any atom is 0.0148 e. The molecule has 1 aromatic carbocycles. The summed E-state index contributed by atoms with van der Waals surface area (Å²) in [6.45, 7) is 3.59. The standard InChI is InChI=1S/C18H27N/c1-2-14-7-9-15(10-8-14)13-19-18-11-16-5-3-4-6-17(16)12-18/h3-6,14-15,18-19H,2,7-13H2,1H3. The monoisotopic (exact) mass is 257 g/mol. The average molecular weight is 257 g/mol. The maximum absolute atomic E-state index is 3.83. The average Bonchev–Trinajstić information content (AvgIpc) is 2.88. The molecular weight excluding hydrogens is 230 g/mol. The Bertz CT molecular complexity index is 379. The van der Waals surface area contributed by atoms with E-state index < -0.39 is 0 Å². The van der Waals surface area contributed by atoms with Gasteiger partial charge in [0.25, 0.3) is 0 Å². The van der Waals surface area contributed by atoms with E-state index in [2.05, 4.69) is 36.5 Å². The zero-order valence-electron chi connectivity index (χ0n) is 12.2. The smallest absolute Gasteiger partial charge is 0.0148 e. The SMILES string of the molecule is CCC1CCC(CNC2Cc3ccccc3C2)CC1. The van der Waals surface area contributed by atoms with Crippen molar-refractivity contribution in [1.29, 1.82) is 0 Å². The molecule has 1 heteroatoms. The molecule has 3 rings (SSSR count). The number of benzene rings is 1. The van der Waals surface area contributed by atoms with Gasteiger partial charge in [0, 0.05) is 6.04 Å². The van der Waals surface area contributed by atoms with Crippen LogP contribution < -0.4 is 5.32 Å². The minimum absolute atomic E-state index is 0.696. The first-order chi connectivity index (χ1) is 9.35. The quantitative estimate of drug-likeness (QED) is 0.861. The maximum atomic E-state index is 3.83. The van der Waals surface area contributed by atoms with Crippen LogP contribution in [0.5, 0.6) is 0 Å². The lowest BCUT2D eigenvalue weighted by molar-refractivity contribution is 0.257. The number of nitrogens with one attached hydrogen (secondary N) is 1. The Morgan fingerprint density at radius 1 is 0.947 bits per heavy atom. The Kier molecular flexibility index (Phi) is 4.22. The molecule has 1 fully saturated rings. The summed E-state index contributed by atoms with van der Waals surface area (Å²) in [4.78, 5) is 0. The van der Waals surface area contributed by atoms with E-state index in [1.54, 1.807) is 11.1 Å². The number of rotatable bonds is 4. The Hall–Kier alpha value is -0.820. The largest absolute Gasteiger partial charge is 0.313 e. The van der Waals surface area contributed by atoms with Crippen LogP contribution in [0.2, 0.25) is 0 Å². The molecule has 0 unspecified atom stereocenters. The van der Waals surface area contributed by atoms with Gasteiger partial charge in [-0.05, 0) is 55.2 Å². The van der Waals surface area contributed by atoms with Crippen LogP contribution in [0.1, 0.15) is 50.2 Å². The summed E-state index contributed by atoms with van der Waals surface area (Å²) in [6, 6.07) is 9.63. The first-order valence-corrected chi connectivity index (χ1v) is 8.15. The first-order valence-electron chi connectivity index (χ1n) is 8.15. The van der Waals surface area contributed by atoms with Gasteiger partial charge in [-0.2, -0.15) is 0 Å². The van der Waals surface area contributed by atoms with Gasteiger partial charge in [-0.15, -0.1) is 0 Å². The Labute approximate surface area is 117 Å². The van der Waals surface area contributed by atoms with Crippen LogP contribution >= 0.6 is 0 Å². The van der Waals surface area contributed by atoms with Gasteiger partial charge >= 0.3 is 0 Å². The molecule has 0 aliphatic heterocycles. The minimum Gasteiger partial charge on any atom is -0.313 e. The Balaban J connectivity index is 1.43. The third-order valence-electron chi connectivity index (χ3n) is 5.29. The highest BCUT2D eigenvalue weighted by atomic mass is 14.9. The second-order valence-corrected chi connectivity index (χ2v) is 6.58. The number of hydrogen-bond acceptors (Lipinski definition) is 1. The van der Waals surface area contributed by atoms with Crippen molar-refractivity contribution in [2.24, 2.45) is 11.8 Å². The summed E-state index contributed by atoms with van der Waals surface area (Å²) >= 11 is 0. The van der Waals surface area contributed by atoms with Crippen LogP contribution in [0.3, 0.4) is 0 Å². The second kappa shape index (κ2) is 6.09. The molecule has 0 aromatic heterocycles. The summed E-state index contributed by atoms with van der Waals surface area (Å²) in [7, 11) is 0. The molecule has 0 radical (unpaired) electrons. The van der Waals surface area contributed by atoms with Gasteiger partial charge in [-0.25, -0.2) is 0 Å². The highest BCUT2D eigenvalue weighted by molar-refractivity contribution is 5.33. The zero-order chi connectivity index (χ0) is 13.1. The molecule has 1 saturated carbocycles. The number of fused-ring (bicyclic) bond motifs is 1. The molecule has 19 heavy (non-hydrogen) atoms. The van der Waals surface area contributed by atoms with Crippen LogP contribution in [0, 0.1) is 11.8 Å². The summed E-state index contributed by atoms with van der Waals surface area (Å²) < 4.78 is 0. The highest BCUT2D eigenvalue weighted by Gasteiger charge is 2.23. The zero-order valence-corrected chi connectivity index (χ0v) is 12.2. The Morgan fingerprint density at radius 3 is 2.11 bits per heavy atom. The number of hydrogen-bond donors (Lipinski definition) is 1. The van der Waals surface area contributed by atoms with Crippen LogP contribution in [0.4, 0.5) is 0 Å². The van der Waals surface area contributed by atoms with Gasteiger partial charge in [-0.1, -0.05) is 50.5 Å². The second-order valence-electron chi connectivity index (χ2n) is 6.58. The fourth-order valence-electron chi connectivity index (χ4n) is 3.88. The third kappa shape index (κ3) is 3.20. The summed E-state index contributed by atoms with van der Waals surface area (Å²) in [6.07, 6.45) is 9.69. The lowest BCUT2D eigenvalue weighted by atomic mass is 9.81. The molecule has 1 aromatic rings. The van der Waals surface area contributed by atoms with E-state index in [1.165, 1.54) is 51.5 Å². The minimum atomic E-state index is 0.696. The van der Waals surface area contributed by atoms with Gasteiger partial charge in [0.1, 0.15) is 0 Å².